The first-order chi connectivity index (χ1) is 39.8. The van der Waals surface area contributed by atoms with Gasteiger partial charge in [0.1, 0.15) is 24.4 Å². The Hall–Kier alpha value is -3.93. The Labute approximate surface area is 495 Å². The molecule has 0 aliphatic carbocycles. The monoisotopic (exact) mass is 1130 g/mol. The fraction of sp³-hybridized carbons (Fsp3) is 0.653. The maximum absolute atomic E-state index is 13.1. The Morgan fingerprint density at radius 1 is 0.432 bits per heavy atom. The number of ether oxygens (including phenoxy) is 2. The van der Waals surface area contributed by atoms with Crippen molar-refractivity contribution in [1.82, 2.24) is 5.32 Å². The lowest BCUT2D eigenvalue weighted by Crippen LogP contribution is -2.60. The van der Waals surface area contributed by atoms with Crippen LogP contribution >= 0.6 is 0 Å². The van der Waals surface area contributed by atoms with Gasteiger partial charge in [0.15, 0.2) is 6.29 Å². The minimum absolute atomic E-state index is 0.199. The number of carbonyl (C=O) groups excluding carboxylic acids is 1. The van der Waals surface area contributed by atoms with Gasteiger partial charge in [0.2, 0.25) is 5.91 Å². The number of allylic oxidation sites excluding steroid dienone is 23. The topological polar surface area (TPSA) is 149 Å². The zero-order valence-corrected chi connectivity index (χ0v) is 51.2. The molecule has 460 valence electrons. The summed E-state index contributed by atoms with van der Waals surface area (Å²) in [5.74, 6) is -0.199. The second-order valence-electron chi connectivity index (χ2n) is 21.8. The first-order valence-corrected chi connectivity index (χ1v) is 32.6. The van der Waals surface area contributed by atoms with E-state index in [1.165, 1.54) is 103 Å². The van der Waals surface area contributed by atoms with Gasteiger partial charge in [-0.25, -0.2) is 0 Å². The van der Waals surface area contributed by atoms with Crippen molar-refractivity contribution >= 4 is 5.91 Å². The molecule has 1 aliphatic heterocycles. The lowest BCUT2D eigenvalue weighted by molar-refractivity contribution is -0.302. The van der Waals surface area contributed by atoms with Crippen molar-refractivity contribution in [2.75, 3.05) is 13.2 Å². The molecular formula is C72H119NO8. The molecule has 1 aliphatic rings. The molecule has 1 rings (SSSR count). The highest BCUT2D eigenvalue weighted by Crippen LogP contribution is 2.23. The number of rotatable bonds is 54. The van der Waals surface area contributed by atoms with Crippen LogP contribution in [-0.2, 0) is 14.3 Å². The van der Waals surface area contributed by atoms with Gasteiger partial charge in [-0.3, -0.25) is 4.79 Å². The van der Waals surface area contributed by atoms with Gasteiger partial charge in [0, 0.05) is 6.42 Å². The molecule has 1 fully saturated rings. The summed E-state index contributed by atoms with van der Waals surface area (Å²) in [6, 6.07) is -0.840. The van der Waals surface area contributed by atoms with Crippen LogP contribution in [0.2, 0.25) is 0 Å². The van der Waals surface area contributed by atoms with E-state index in [0.717, 1.165) is 122 Å². The molecule has 7 atom stereocenters. The van der Waals surface area contributed by atoms with Gasteiger partial charge in [0.05, 0.1) is 25.4 Å². The predicted octanol–water partition coefficient (Wildman–Crippen LogP) is 17.4. The van der Waals surface area contributed by atoms with Crippen molar-refractivity contribution in [3.63, 3.8) is 0 Å². The fourth-order valence-corrected chi connectivity index (χ4v) is 9.30. The van der Waals surface area contributed by atoms with Gasteiger partial charge >= 0.3 is 0 Å². The summed E-state index contributed by atoms with van der Waals surface area (Å²) in [6.45, 7) is 3.64. The van der Waals surface area contributed by atoms with Crippen LogP contribution in [0.3, 0.4) is 0 Å². The average molecular weight is 1130 g/mol. The van der Waals surface area contributed by atoms with Crippen molar-refractivity contribution in [2.45, 2.75) is 288 Å². The van der Waals surface area contributed by atoms with E-state index in [1.807, 2.05) is 6.08 Å². The van der Waals surface area contributed by atoms with Crippen LogP contribution < -0.4 is 5.32 Å². The number of nitrogens with one attached hydrogen (secondary N) is 1. The van der Waals surface area contributed by atoms with Gasteiger partial charge in [0.25, 0.3) is 0 Å². The molecule has 0 aromatic heterocycles. The molecule has 9 nitrogen and oxygen atoms in total. The van der Waals surface area contributed by atoms with E-state index in [9.17, 15) is 30.3 Å². The largest absolute Gasteiger partial charge is 0.394 e. The number of amides is 1. The molecule has 9 heteroatoms. The number of unbranched alkanes of at least 4 members (excludes halogenated alkanes) is 22. The minimum Gasteiger partial charge on any atom is -0.394 e. The highest BCUT2D eigenvalue weighted by molar-refractivity contribution is 5.76. The zero-order valence-electron chi connectivity index (χ0n) is 51.2. The molecule has 81 heavy (non-hydrogen) atoms. The van der Waals surface area contributed by atoms with Gasteiger partial charge < -0.3 is 40.3 Å². The third kappa shape index (κ3) is 48.2. The van der Waals surface area contributed by atoms with Crippen molar-refractivity contribution in [2.24, 2.45) is 0 Å². The lowest BCUT2D eigenvalue weighted by atomic mass is 9.99. The number of aliphatic hydroxyl groups is 5. The van der Waals surface area contributed by atoms with Crippen LogP contribution in [0, 0.1) is 0 Å². The van der Waals surface area contributed by atoms with E-state index < -0.39 is 49.5 Å². The Balaban J connectivity index is 2.18. The number of hydrogen-bond acceptors (Lipinski definition) is 8. The molecule has 6 N–H and O–H groups in total. The van der Waals surface area contributed by atoms with Crippen LogP contribution in [-0.4, -0.2) is 87.5 Å². The maximum atomic E-state index is 13.1. The molecule has 7 unspecified atom stereocenters. The number of hydrogen-bond donors (Lipinski definition) is 6. The van der Waals surface area contributed by atoms with Gasteiger partial charge in [-0.05, 0) is 116 Å². The van der Waals surface area contributed by atoms with Crippen LogP contribution in [0.15, 0.2) is 146 Å². The molecule has 0 saturated carbocycles. The van der Waals surface area contributed by atoms with Crippen LogP contribution in [0.25, 0.3) is 0 Å². The van der Waals surface area contributed by atoms with Gasteiger partial charge in [-0.15, -0.1) is 0 Å². The van der Waals surface area contributed by atoms with Crippen molar-refractivity contribution in [3.8, 4) is 0 Å². The third-order valence-electron chi connectivity index (χ3n) is 14.4. The molecule has 0 aromatic carbocycles. The molecule has 0 spiro atoms. The molecule has 0 bridgehead atoms. The van der Waals surface area contributed by atoms with Crippen LogP contribution in [0.4, 0.5) is 0 Å². The first kappa shape index (κ1) is 75.1. The summed E-state index contributed by atoms with van der Waals surface area (Å²) in [6.07, 6.45) is 85.0. The minimum atomic E-state index is -1.58. The quantitative estimate of drug-likeness (QED) is 0.0261. The summed E-state index contributed by atoms with van der Waals surface area (Å²) in [5.41, 5.74) is 0. The van der Waals surface area contributed by atoms with Crippen molar-refractivity contribution in [3.05, 3.63) is 146 Å². The fourth-order valence-electron chi connectivity index (χ4n) is 9.30. The van der Waals surface area contributed by atoms with Crippen molar-refractivity contribution in [1.29, 1.82) is 0 Å². The van der Waals surface area contributed by atoms with Crippen LogP contribution in [0.5, 0.6) is 0 Å². The van der Waals surface area contributed by atoms with E-state index >= 15 is 0 Å². The summed E-state index contributed by atoms with van der Waals surface area (Å²) < 4.78 is 11.3. The first-order valence-electron chi connectivity index (χ1n) is 32.6. The molecule has 1 heterocycles. The zero-order chi connectivity index (χ0) is 58.6. The van der Waals surface area contributed by atoms with E-state index in [1.54, 1.807) is 6.08 Å². The second kappa shape index (κ2) is 59.2. The summed E-state index contributed by atoms with van der Waals surface area (Å²) in [4.78, 5) is 13.1. The normalized spacial score (nSPS) is 19.4. The predicted molar refractivity (Wildman–Crippen MR) is 345 cm³/mol. The molecule has 0 aromatic rings. The lowest BCUT2D eigenvalue weighted by Gasteiger charge is -2.40. The smallest absolute Gasteiger partial charge is 0.220 e. The summed E-state index contributed by atoms with van der Waals surface area (Å²) in [7, 11) is 0. The summed E-state index contributed by atoms with van der Waals surface area (Å²) in [5, 5.41) is 54.6. The average Bonchev–Trinajstić information content (AvgIpc) is 3.48. The van der Waals surface area contributed by atoms with E-state index in [2.05, 4.69) is 153 Å². The highest BCUT2D eigenvalue weighted by Gasteiger charge is 2.44. The molecule has 0 radical (unpaired) electrons. The van der Waals surface area contributed by atoms with Gasteiger partial charge in [-0.1, -0.05) is 269 Å². The number of aliphatic hydroxyl groups excluding tert-OH is 5. The van der Waals surface area contributed by atoms with E-state index in [-0.39, 0.29) is 12.5 Å². The van der Waals surface area contributed by atoms with Gasteiger partial charge in [-0.2, -0.15) is 0 Å². The third-order valence-corrected chi connectivity index (χ3v) is 14.4. The Morgan fingerprint density at radius 2 is 0.778 bits per heavy atom. The molecular weight excluding hydrogens is 1010 g/mol. The molecule has 1 saturated heterocycles. The van der Waals surface area contributed by atoms with Crippen LogP contribution in [0.1, 0.15) is 245 Å². The molecule has 1 amide bonds. The van der Waals surface area contributed by atoms with E-state index in [0.29, 0.717) is 6.42 Å². The number of carbonyl (C=O) groups is 1. The maximum Gasteiger partial charge on any atom is 0.220 e. The summed E-state index contributed by atoms with van der Waals surface area (Å²) >= 11 is 0. The second-order valence-corrected chi connectivity index (χ2v) is 21.8. The van der Waals surface area contributed by atoms with Crippen molar-refractivity contribution < 1.29 is 39.8 Å². The SMILES string of the molecule is CC/C=C\C/C=C\C/C=C\C/C=C\C/C=C\C/C=C\C/C=C\C/C=C\C/C=C\CCCCCCCCCCCCCC(=O)NC(COC1OC(CO)C(O)C(O)C1O)C(O)/C=C/CC/C=C/CC/C=C/CCCCCCCCCCC. The standard InChI is InChI=1S/C72H119NO8/c1-3-5-7-9-11-13-15-17-19-21-23-24-25-26-27-28-29-30-31-32-33-34-35-36-37-38-39-40-41-42-44-46-48-50-52-54-56-58-60-62-68(76)73-65(64-80-72-71(79)70(78)69(77)67(63-74)81-72)66(75)61-59-57-55-53-51-49-47-45-43-22-20-18-16-14-12-10-8-6-4-2/h5,7,11,13,17,19,23-24,26-27,29-30,32-33,35-36,38-39,43,45,51,53,59,61,65-67,69-72,74-75,77-79H,3-4,6,8-10,12,14-16,18,20-22,25,28,31,34,37,40-42,44,46-50,52,54-58,60,62-64H2,1-2H3,(H,73,76)/b7-5-,13-11-,19-17-,24-23-,27-26-,30-29-,33-32-,36-35-,39-38-,45-43+,53-51+,61-59+. The highest BCUT2D eigenvalue weighted by atomic mass is 16.7. The Bertz CT molecular complexity index is 1780. The van der Waals surface area contributed by atoms with E-state index in [4.69, 9.17) is 9.47 Å². The Morgan fingerprint density at radius 3 is 1.19 bits per heavy atom. The Kier molecular flexibility index (Phi) is 54.9.